The van der Waals surface area contributed by atoms with Crippen molar-refractivity contribution in [2.24, 2.45) is 11.8 Å². The van der Waals surface area contributed by atoms with Crippen LogP contribution in [0.3, 0.4) is 0 Å². The highest BCUT2D eigenvalue weighted by molar-refractivity contribution is 6.02. The quantitative estimate of drug-likeness (QED) is 0.411. The number of nitrogens with one attached hydrogen (secondary N) is 2. The normalized spacial score (nSPS) is 20.1. The first-order valence-electron chi connectivity index (χ1n) is 12.6. The van der Waals surface area contributed by atoms with E-state index in [2.05, 4.69) is 41.5 Å². The molecule has 0 saturated heterocycles. The number of carbonyl (C=O) groups excluding carboxylic acids is 1. The number of hydrogen-bond donors (Lipinski definition) is 3. The van der Waals surface area contributed by atoms with Crippen LogP contribution in [0.15, 0.2) is 42.5 Å². The number of urea groups is 1. The number of carboxylic acid groups (broad SMARTS) is 1. The van der Waals surface area contributed by atoms with Crippen molar-refractivity contribution in [1.29, 1.82) is 0 Å². The van der Waals surface area contributed by atoms with E-state index in [4.69, 9.17) is 0 Å². The predicted molar refractivity (Wildman–Crippen MR) is 138 cm³/mol. The molecule has 2 aliphatic rings. The van der Waals surface area contributed by atoms with Gasteiger partial charge in [-0.1, -0.05) is 56.9 Å². The lowest BCUT2D eigenvalue weighted by Gasteiger charge is -2.38. The van der Waals surface area contributed by atoms with E-state index < -0.39 is 5.97 Å². The minimum Gasteiger partial charge on any atom is -0.481 e. The fraction of sp³-hybridized carbons (Fsp3) is 0.500. The van der Waals surface area contributed by atoms with Gasteiger partial charge < -0.3 is 20.6 Å². The molecule has 3 N–H and O–H groups in total. The molecule has 0 spiro atoms. The predicted octanol–water partition coefficient (Wildman–Crippen LogP) is 6.62. The summed E-state index contributed by atoms with van der Waals surface area (Å²) >= 11 is 0. The number of hydrogen-bond acceptors (Lipinski definition) is 3. The summed E-state index contributed by atoms with van der Waals surface area (Å²) in [6.45, 7) is 7.38. The second-order valence-electron chi connectivity index (χ2n) is 10.3. The van der Waals surface area contributed by atoms with Crippen LogP contribution < -0.4 is 15.5 Å². The van der Waals surface area contributed by atoms with Gasteiger partial charge in [-0.3, -0.25) is 4.79 Å². The maximum Gasteiger partial charge on any atom is 0.323 e. The molecule has 2 unspecified atom stereocenters. The van der Waals surface area contributed by atoms with Crippen LogP contribution in [0.25, 0.3) is 0 Å². The fourth-order valence-corrected chi connectivity index (χ4v) is 5.12. The topological polar surface area (TPSA) is 81.7 Å². The summed E-state index contributed by atoms with van der Waals surface area (Å²) in [6.07, 6.45) is 6.72. The average molecular weight is 464 g/mol. The number of rotatable bonds is 8. The lowest BCUT2D eigenvalue weighted by Crippen LogP contribution is -2.40. The summed E-state index contributed by atoms with van der Waals surface area (Å²) in [6, 6.07) is 14.0. The maximum absolute atomic E-state index is 13.0. The van der Waals surface area contributed by atoms with Crippen molar-refractivity contribution in [2.45, 2.75) is 71.3 Å². The highest BCUT2D eigenvalue weighted by Crippen LogP contribution is 2.49. The van der Waals surface area contributed by atoms with Crippen molar-refractivity contribution in [2.75, 3.05) is 22.1 Å². The Morgan fingerprint density at radius 3 is 2.35 bits per heavy atom. The third-order valence-corrected chi connectivity index (χ3v) is 7.00. The largest absolute Gasteiger partial charge is 0.481 e. The Bertz CT molecular complexity index is 1010. The number of aryl methyl sites for hydroxylation is 1. The van der Waals surface area contributed by atoms with E-state index in [9.17, 15) is 14.7 Å². The highest BCUT2D eigenvalue weighted by atomic mass is 16.4. The van der Waals surface area contributed by atoms with Crippen LogP contribution in [-0.2, 0) is 4.79 Å². The number of benzene rings is 2. The molecule has 2 aromatic rings. The standard InChI is InChI=1S/C28H37N3O3/c1-18(2)17-31(22-7-5-4-6-8-22)26-14-11-20(23-16-24(23)27(32)33)15-25(26)30-28(34)29-21-12-9-19(3)10-13-21/h9-15,18,22-24H,4-8,16-17H2,1-3H3,(H,32,33)(H2,29,30,34). The van der Waals surface area contributed by atoms with Crippen LogP contribution in [0.4, 0.5) is 21.9 Å². The third kappa shape index (κ3) is 5.91. The van der Waals surface area contributed by atoms with E-state index in [0.29, 0.717) is 18.4 Å². The number of aliphatic carboxylic acids is 1. The van der Waals surface area contributed by atoms with Crippen LogP contribution >= 0.6 is 0 Å². The summed E-state index contributed by atoms with van der Waals surface area (Å²) in [4.78, 5) is 26.9. The van der Waals surface area contributed by atoms with E-state index in [1.54, 1.807) is 0 Å². The minimum absolute atomic E-state index is 0.0143. The molecule has 0 radical (unpaired) electrons. The van der Waals surface area contributed by atoms with Crippen molar-refractivity contribution < 1.29 is 14.7 Å². The van der Waals surface area contributed by atoms with E-state index in [1.165, 1.54) is 19.3 Å². The molecule has 0 heterocycles. The van der Waals surface area contributed by atoms with Gasteiger partial charge in [0.1, 0.15) is 0 Å². The summed E-state index contributed by atoms with van der Waals surface area (Å²) in [5.74, 6) is -0.578. The van der Waals surface area contributed by atoms with E-state index in [0.717, 1.165) is 47.6 Å². The monoisotopic (exact) mass is 463 g/mol. The van der Waals surface area contributed by atoms with Gasteiger partial charge in [-0.05, 0) is 67.9 Å². The van der Waals surface area contributed by atoms with E-state index in [1.807, 2.05) is 37.3 Å². The molecule has 4 rings (SSSR count). The zero-order valence-electron chi connectivity index (χ0n) is 20.5. The van der Waals surface area contributed by atoms with Crippen LogP contribution in [0, 0.1) is 18.8 Å². The number of carbonyl (C=O) groups is 2. The van der Waals surface area contributed by atoms with Crippen molar-refractivity contribution in [1.82, 2.24) is 0 Å². The second-order valence-corrected chi connectivity index (χ2v) is 10.3. The molecule has 2 aromatic carbocycles. The molecule has 2 saturated carbocycles. The molecule has 2 aliphatic carbocycles. The summed E-state index contributed by atoms with van der Waals surface area (Å²) in [5.41, 5.74) is 4.63. The molecule has 2 fully saturated rings. The van der Waals surface area contributed by atoms with Crippen molar-refractivity contribution in [3.05, 3.63) is 53.6 Å². The van der Waals surface area contributed by atoms with Gasteiger partial charge in [0.15, 0.2) is 0 Å². The Labute approximate surface area is 202 Å². The molecule has 34 heavy (non-hydrogen) atoms. The van der Waals surface area contributed by atoms with Crippen molar-refractivity contribution in [3.8, 4) is 0 Å². The third-order valence-electron chi connectivity index (χ3n) is 7.00. The average Bonchev–Trinajstić information content (AvgIpc) is 3.61. The lowest BCUT2D eigenvalue weighted by atomic mass is 9.92. The summed E-state index contributed by atoms with van der Waals surface area (Å²) < 4.78 is 0. The first-order chi connectivity index (χ1) is 16.3. The molecule has 6 nitrogen and oxygen atoms in total. The highest BCUT2D eigenvalue weighted by Gasteiger charge is 2.44. The SMILES string of the molecule is Cc1ccc(NC(=O)Nc2cc(C3CC3C(=O)O)ccc2N(CC(C)C)C2CCCCC2)cc1. The lowest BCUT2D eigenvalue weighted by molar-refractivity contribution is -0.138. The van der Waals surface area contributed by atoms with Gasteiger partial charge in [-0.15, -0.1) is 0 Å². The van der Waals surface area contributed by atoms with Gasteiger partial charge in [0.2, 0.25) is 0 Å². The van der Waals surface area contributed by atoms with E-state index in [-0.39, 0.29) is 17.9 Å². The number of nitrogens with zero attached hydrogens (tertiary/aromatic N) is 1. The van der Waals surface area contributed by atoms with Gasteiger partial charge in [-0.25, -0.2) is 4.79 Å². The van der Waals surface area contributed by atoms with Crippen molar-refractivity contribution in [3.63, 3.8) is 0 Å². The molecule has 2 amide bonds. The molecule has 2 atom stereocenters. The Balaban J connectivity index is 1.63. The zero-order valence-corrected chi connectivity index (χ0v) is 20.5. The Kier molecular flexibility index (Phi) is 7.44. The fourth-order valence-electron chi connectivity index (χ4n) is 5.12. The van der Waals surface area contributed by atoms with Crippen LogP contribution in [-0.4, -0.2) is 29.7 Å². The van der Waals surface area contributed by atoms with Crippen LogP contribution in [0.1, 0.15) is 69.4 Å². The van der Waals surface area contributed by atoms with Crippen LogP contribution in [0.5, 0.6) is 0 Å². The van der Waals surface area contributed by atoms with Gasteiger partial charge in [0.25, 0.3) is 0 Å². The molecule has 0 aliphatic heterocycles. The Morgan fingerprint density at radius 1 is 1.03 bits per heavy atom. The molecule has 6 heteroatoms. The summed E-state index contributed by atoms with van der Waals surface area (Å²) in [7, 11) is 0. The van der Waals surface area contributed by atoms with Gasteiger partial charge in [0.05, 0.1) is 17.3 Å². The number of carboxylic acids is 1. The van der Waals surface area contributed by atoms with Gasteiger partial charge >= 0.3 is 12.0 Å². The number of amides is 2. The summed E-state index contributed by atoms with van der Waals surface area (Å²) in [5, 5.41) is 15.4. The molecule has 182 valence electrons. The van der Waals surface area contributed by atoms with Crippen molar-refractivity contribution >= 4 is 29.1 Å². The molecule has 0 bridgehead atoms. The smallest absolute Gasteiger partial charge is 0.323 e. The van der Waals surface area contributed by atoms with Gasteiger partial charge in [-0.2, -0.15) is 0 Å². The maximum atomic E-state index is 13.0. The van der Waals surface area contributed by atoms with Crippen LogP contribution in [0.2, 0.25) is 0 Å². The number of anilines is 3. The zero-order chi connectivity index (χ0) is 24.2. The minimum atomic E-state index is -0.746. The van der Waals surface area contributed by atoms with Gasteiger partial charge in [0, 0.05) is 18.3 Å². The molecular formula is C28H37N3O3. The Morgan fingerprint density at radius 2 is 1.74 bits per heavy atom. The second kappa shape index (κ2) is 10.5. The molecular weight excluding hydrogens is 426 g/mol. The first kappa shape index (κ1) is 24.1. The van der Waals surface area contributed by atoms with E-state index >= 15 is 0 Å². The first-order valence-corrected chi connectivity index (χ1v) is 12.6. The molecule has 0 aromatic heterocycles. The Hall–Kier alpha value is -3.02.